The number of benzene rings is 1. The van der Waals surface area contributed by atoms with Gasteiger partial charge in [-0.15, -0.1) is 0 Å². The van der Waals surface area contributed by atoms with E-state index in [1.807, 2.05) is 49.9 Å². The molecule has 0 aliphatic carbocycles. The van der Waals surface area contributed by atoms with Crippen LogP contribution in [0.25, 0.3) is 0 Å². The highest BCUT2D eigenvalue weighted by molar-refractivity contribution is 8.00. The van der Waals surface area contributed by atoms with Crippen molar-refractivity contribution in [2.45, 2.75) is 38.0 Å². The lowest BCUT2D eigenvalue weighted by Gasteiger charge is -2.33. The summed E-state index contributed by atoms with van der Waals surface area (Å²) in [7, 11) is 0. The molecule has 0 radical (unpaired) electrons. The second kappa shape index (κ2) is 5.87. The molecule has 1 aromatic carbocycles. The number of aryl methyl sites for hydroxylation is 1. The molecule has 2 rings (SSSR count). The summed E-state index contributed by atoms with van der Waals surface area (Å²) in [5.41, 5.74) is 1.58. The number of esters is 1. The van der Waals surface area contributed by atoms with Crippen molar-refractivity contribution >= 4 is 23.4 Å². The molecule has 0 spiro atoms. The van der Waals surface area contributed by atoms with Gasteiger partial charge in [-0.1, -0.05) is 25.1 Å². The lowest BCUT2D eigenvalue weighted by atomic mass is 9.91. The van der Waals surface area contributed by atoms with Crippen LogP contribution in [-0.2, 0) is 9.53 Å². The molecule has 4 heteroatoms. The number of rotatable bonds is 4. The molecule has 2 atom stereocenters. The molecule has 1 aliphatic rings. The Kier molecular flexibility index (Phi) is 4.40. The Balaban J connectivity index is 2.29. The molecule has 19 heavy (non-hydrogen) atoms. The van der Waals surface area contributed by atoms with Crippen molar-refractivity contribution in [3.05, 3.63) is 29.8 Å². The number of carbonyl (C=O) groups is 1. The average Bonchev–Trinajstić information content (AvgIpc) is 2.75. The fourth-order valence-corrected chi connectivity index (χ4v) is 3.79. The van der Waals surface area contributed by atoms with Crippen molar-refractivity contribution in [1.82, 2.24) is 0 Å². The van der Waals surface area contributed by atoms with Crippen LogP contribution in [0.3, 0.4) is 0 Å². The van der Waals surface area contributed by atoms with E-state index >= 15 is 0 Å². The van der Waals surface area contributed by atoms with E-state index in [-0.39, 0.29) is 11.2 Å². The van der Waals surface area contributed by atoms with E-state index in [0.717, 1.165) is 23.4 Å². The Morgan fingerprint density at radius 3 is 2.84 bits per heavy atom. The smallest absolute Gasteiger partial charge is 0.332 e. The van der Waals surface area contributed by atoms with Crippen LogP contribution in [0.5, 0.6) is 0 Å². The molecule has 1 fully saturated rings. The van der Waals surface area contributed by atoms with E-state index in [1.165, 1.54) is 0 Å². The van der Waals surface area contributed by atoms with E-state index in [9.17, 15) is 4.79 Å². The summed E-state index contributed by atoms with van der Waals surface area (Å²) in [5.74, 6) is 0.856. The minimum atomic E-state index is -0.590. The lowest BCUT2D eigenvalue weighted by Crippen LogP contribution is -2.52. The van der Waals surface area contributed by atoms with Gasteiger partial charge in [-0.05, 0) is 37.7 Å². The summed E-state index contributed by atoms with van der Waals surface area (Å²) < 4.78 is 5.30. The van der Waals surface area contributed by atoms with E-state index in [0.29, 0.717) is 6.61 Å². The monoisotopic (exact) mass is 279 g/mol. The number of para-hydroxylation sites is 1. The molecule has 3 nitrogen and oxygen atoms in total. The molecule has 1 N–H and O–H groups in total. The molecule has 1 heterocycles. The second-order valence-electron chi connectivity index (χ2n) is 4.89. The third-order valence-electron chi connectivity index (χ3n) is 3.70. The molecule has 0 saturated carbocycles. The Morgan fingerprint density at radius 1 is 1.53 bits per heavy atom. The van der Waals surface area contributed by atoms with E-state index in [4.69, 9.17) is 4.74 Å². The zero-order valence-corrected chi connectivity index (χ0v) is 12.5. The van der Waals surface area contributed by atoms with Crippen LogP contribution in [0.4, 0.5) is 5.69 Å². The number of hydrogen-bond acceptors (Lipinski definition) is 4. The van der Waals surface area contributed by atoms with Gasteiger partial charge in [-0.2, -0.15) is 11.8 Å². The van der Waals surface area contributed by atoms with E-state index < -0.39 is 5.54 Å². The van der Waals surface area contributed by atoms with Crippen LogP contribution in [0, 0.1) is 6.92 Å². The second-order valence-corrected chi connectivity index (χ2v) is 6.34. The maximum atomic E-state index is 12.4. The molecule has 1 aromatic rings. The number of hydrogen-bond donors (Lipinski definition) is 1. The summed E-state index contributed by atoms with van der Waals surface area (Å²) in [5, 5.41) is 3.68. The minimum Gasteiger partial charge on any atom is -0.464 e. The molecule has 1 saturated heterocycles. The van der Waals surface area contributed by atoms with Crippen LogP contribution in [0.15, 0.2) is 24.3 Å². The Bertz CT molecular complexity index is 463. The quantitative estimate of drug-likeness (QED) is 0.859. The van der Waals surface area contributed by atoms with Gasteiger partial charge in [0.05, 0.1) is 6.61 Å². The largest absolute Gasteiger partial charge is 0.464 e. The molecule has 104 valence electrons. The predicted molar refractivity (Wildman–Crippen MR) is 80.7 cm³/mol. The van der Waals surface area contributed by atoms with Crippen LogP contribution < -0.4 is 5.32 Å². The maximum Gasteiger partial charge on any atom is 0.332 e. The van der Waals surface area contributed by atoms with Gasteiger partial charge in [0.25, 0.3) is 0 Å². The third kappa shape index (κ3) is 2.73. The number of ether oxygens (including phenoxy) is 1. The predicted octanol–water partition coefficient (Wildman–Crippen LogP) is 3.23. The number of anilines is 1. The van der Waals surface area contributed by atoms with Crippen molar-refractivity contribution in [2.75, 3.05) is 17.7 Å². The van der Waals surface area contributed by atoms with Gasteiger partial charge in [-0.3, -0.25) is 0 Å². The maximum absolute atomic E-state index is 12.4. The Morgan fingerprint density at radius 2 is 2.26 bits per heavy atom. The summed E-state index contributed by atoms with van der Waals surface area (Å²) in [4.78, 5) is 12.4. The van der Waals surface area contributed by atoms with Crippen molar-refractivity contribution in [2.24, 2.45) is 0 Å². The highest BCUT2D eigenvalue weighted by atomic mass is 32.2. The zero-order valence-electron chi connectivity index (χ0n) is 11.7. The fraction of sp³-hybridized carbons (Fsp3) is 0.533. The summed E-state index contributed by atoms with van der Waals surface area (Å²) in [6.45, 7) is 6.42. The van der Waals surface area contributed by atoms with Gasteiger partial charge in [0.2, 0.25) is 0 Å². The first-order valence-electron chi connectivity index (χ1n) is 6.73. The van der Waals surface area contributed by atoms with Crippen LogP contribution in [0.2, 0.25) is 0 Å². The van der Waals surface area contributed by atoms with Crippen molar-refractivity contribution < 1.29 is 9.53 Å². The Hall–Kier alpha value is -1.16. The molecule has 0 bridgehead atoms. The standard InChI is InChI=1S/C15H21NO2S/c1-4-18-14(17)15(9-10-19-12(15)3)16-13-8-6-5-7-11(13)2/h5-8,12,16H,4,9-10H2,1-3H3. The van der Waals surface area contributed by atoms with Gasteiger partial charge in [0, 0.05) is 10.9 Å². The zero-order chi connectivity index (χ0) is 13.9. The summed E-state index contributed by atoms with van der Waals surface area (Å²) in [6, 6.07) is 8.06. The number of carbonyl (C=O) groups excluding carboxylic acids is 1. The fourth-order valence-electron chi connectivity index (χ4n) is 2.44. The first-order chi connectivity index (χ1) is 9.10. The highest BCUT2D eigenvalue weighted by Crippen LogP contribution is 2.39. The van der Waals surface area contributed by atoms with Crippen molar-refractivity contribution in [1.29, 1.82) is 0 Å². The number of thioether (sulfide) groups is 1. The van der Waals surface area contributed by atoms with E-state index in [1.54, 1.807) is 0 Å². The van der Waals surface area contributed by atoms with Crippen LogP contribution in [0.1, 0.15) is 25.8 Å². The normalized spacial score (nSPS) is 26.2. The third-order valence-corrected chi connectivity index (χ3v) is 5.04. The molecular weight excluding hydrogens is 258 g/mol. The minimum absolute atomic E-state index is 0.129. The van der Waals surface area contributed by atoms with Gasteiger partial charge in [-0.25, -0.2) is 4.79 Å². The van der Waals surface area contributed by atoms with Crippen molar-refractivity contribution in [3.63, 3.8) is 0 Å². The number of nitrogens with one attached hydrogen (secondary N) is 1. The van der Waals surface area contributed by atoms with Gasteiger partial charge >= 0.3 is 5.97 Å². The molecule has 0 aromatic heterocycles. The van der Waals surface area contributed by atoms with E-state index in [2.05, 4.69) is 12.2 Å². The average molecular weight is 279 g/mol. The highest BCUT2D eigenvalue weighted by Gasteiger charge is 2.49. The molecule has 1 aliphatic heterocycles. The Labute approximate surface area is 119 Å². The van der Waals surface area contributed by atoms with Gasteiger partial charge in [0.1, 0.15) is 5.54 Å². The summed E-state index contributed by atoms with van der Waals surface area (Å²) in [6.07, 6.45) is 0.812. The first kappa shape index (κ1) is 14.3. The molecular formula is C15H21NO2S. The van der Waals surface area contributed by atoms with Crippen LogP contribution in [-0.4, -0.2) is 29.1 Å². The molecule has 0 amide bonds. The summed E-state index contributed by atoms with van der Waals surface area (Å²) >= 11 is 1.82. The van der Waals surface area contributed by atoms with Gasteiger partial charge < -0.3 is 10.1 Å². The van der Waals surface area contributed by atoms with Gasteiger partial charge in [0.15, 0.2) is 0 Å². The van der Waals surface area contributed by atoms with Crippen LogP contribution >= 0.6 is 11.8 Å². The SMILES string of the molecule is CCOC(=O)C1(Nc2ccccc2C)CCSC1C. The first-order valence-corrected chi connectivity index (χ1v) is 7.77. The topological polar surface area (TPSA) is 38.3 Å². The van der Waals surface area contributed by atoms with Crippen molar-refractivity contribution in [3.8, 4) is 0 Å². The molecule has 2 unspecified atom stereocenters. The lowest BCUT2D eigenvalue weighted by molar-refractivity contribution is -0.148.